The summed E-state index contributed by atoms with van der Waals surface area (Å²) in [4.78, 5) is 0. The third kappa shape index (κ3) is 1.37. The summed E-state index contributed by atoms with van der Waals surface area (Å²) >= 11 is 0. The van der Waals surface area contributed by atoms with Crippen molar-refractivity contribution in [1.29, 1.82) is 5.26 Å². The van der Waals surface area contributed by atoms with Crippen molar-refractivity contribution in [2.75, 3.05) is 0 Å². The summed E-state index contributed by atoms with van der Waals surface area (Å²) in [5, 5.41) is 12.0. The van der Waals surface area contributed by atoms with E-state index in [1.807, 2.05) is 6.92 Å². The predicted molar refractivity (Wildman–Crippen MR) is 36.0 cm³/mol. The van der Waals surface area contributed by atoms with E-state index in [-0.39, 0.29) is 5.69 Å². The first-order valence-corrected chi connectivity index (χ1v) is 3.33. The molecule has 0 fully saturated rings. The minimum Gasteiger partial charge on any atom is -0.251 e. The molecule has 0 amide bonds. The molecule has 0 bridgehead atoms. The van der Waals surface area contributed by atoms with Crippen molar-refractivity contribution in [3.05, 3.63) is 17.7 Å². The highest BCUT2D eigenvalue weighted by molar-refractivity contribution is 5.19. The monoisotopic (exact) mass is 152 g/mol. The van der Waals surface area contributed by atoms with Crippen molar-refractivity contribution in [2.45, 2.75) is 19.9 Å². The second-order valence-electron chi connectivity index (χ2n) is 2.11. The molecule has 0 atom stereocenters. The van der Waals surface area contributed by atoms with E-state index in [2.05, 4.69) is 11.3 Å². The Balaban J connectivity index is 2.98. The van der Waals surface area contributed by atoms with E-state index in [4.69, 9.17) is 5.26 Å². The Labute approximate surface area is 64.1 Å². The lowest BCUT2D eigenvalue weighted by atomic mass is 10.4. The maximum atomic E-state index is 12.6. The van der Waals surface area contributed by atoms with Gasteiger partial charge in [0, 0.05) is 6.54 Å². The highest BCUT2D eigenvalue weighted by Gasteiger charge is 2.08. The van der Waals surface area contributed by atoms with Gasteiger partial charge >= 0.3 is 0 Å². The van der Waals surface area contributed by atoms with E-state index in [0.29, 0.717) is 6.54 Å². The summed E-state index contributed by atoms with van der Waals surface area (Å²) in [6.45, 7) is 2.49. The van der Waals surface area contributed by atoms with E-state index < -0.39 is 5.82 Å². The van der Waals surface area contributed by atoms with Gasteiger partial charge in [-0.25, -0.2) is 4.39 Å². The lowest BCUT2D eigenvalue weighted by Crippen LogP contribution is -2.01. The highest BCUT2D eigenvalue weighted by atomic mass is 19.1. The van der Waals surface area contributed by atoms with Crippen LogP contribution in [-0.4, -0.2) is 9.78 Å². The molecule has 11 heavy (non-hydrogen) atoms. The molecule has 0 aliphatic rings. The maximum Gasteiger partial charge on any atom is 0.188 e. The molecule has 3 nitrogen and oxygen atoms in total. The molecular weight excluding hydrogens is 145 g/mol. The quantitative estimate of drug-likeness (QED) is 0.636. The third-order valence-electron chi connectivity index (χ3n) is 1.28. The normalized spacial score (nSPS) is 9.55. The number of aromatic nitrogens is 2. The SMILES string of the molecule is CCCn1n[c]c(F)c1C#N. The molecule has 0 unspecified atom stereocenters. The summed E-state index contributed by atoms with van der Waals surface area (Å²) < 4.78 is 13.9. The molecule has 57 valence electrons. The van der Waals surface area contributed by atoms with Crippen molar-refractivity contribution >= 4 is 0 Å². The standard InChI is InChI=1S/C7H7FN3/c1-2-3-11-7(4-9)6(8)5-10-11/h2-3H2,1H3. The lowest BCUT2D eigenvalue weighted by molar-refractivity contribution is 0.579. The number of hydrogen-bond donors (Lipinski definition) is 0. The molecule has 0 aliphatic carbocycles. The van der Waals surface area contributed by atoms with E-state index in [1.165, 1.54) is 4.68 Å². The summed E-state index contributed by atoms with van der Waals surface area (Å²) in [6, 6.07) is 1.72. The van der Waals surface area contributed by atoms with Crippen LogP contribution in [0, 0.1) is 23.3 Å². The van der Waals surface area contributed by atoms with Crippen LogP contribution in [0.15, 0.2) is 0 Å². The largest absolute Gasteiger partial charge is 0.251 e. The molecule has 0 spiro atoms. The Morgan fingerprint density at radius 3 is 3.09 bits per heavy atom. The molecule has 1 radical (unpaired) electrons. The van der Waals surface area contributed by atoms with Crippen LogP contribution in [-0.2, 0) is 6.54 Å². The number of rotatable bonds is 2. The van der Waals surface area contributed by atoms with Crippen molar-refractivity contribution < 1.29 is 4.39 Å². The zero-order valence-corrected chi connectivity index (χ0v) is 6.13. The number of aryl methyl sites for hydroxylation is 1. The second kappa shape index (κ2) is 3.15. The molecule has 1 heterocycles. The fraction of sp³-hybridized carbons (Fsp3) is 0.429. The zero-order chi connectivity index (χ0) is 8.27. The molecule has 0 aromatic carbocycles. The van der Waals surface area contributed by atoms with Gasteiger partial charge in [-0.15, -0.1) is 0 Å². The van der Waals surface area contributed by atoms with Crippen LogP contribution in [0.25, 0.3) is 0 Å². The number of nitrogens with zero attached hydrogens (tertiary/aromatic N) is 3. The average molecular weight is 152 g/mol. The molecule has 0 saturated carbocycles. The molecular formula is C7H7FN3. The fourth-order valence-corrected chi connectivity index (χ4v) is 0.801. The fourth-order valence-electron chi connectivity index (χ4n) is 0.801. The molecule has 1 aromatic heterocycles. The summed E-state index contributed by atoms with van der Waals surface area (Å²) in [5.41, 5.74) is -0.0353. The maximum absolute atomic E-state index is 12.6. The highest BCUT2D eigenvalue weighted by Crippen LogP contribution is 2.03. The Morgan fingerprint density at radius 1 is 1.82 bits per heavy atom. The minimum absolute atomic E-state index is 0.0353. The van der Waals surface area contributed by atoms with Crippen LogP contribution in [0.3, 0.4) is 0 Å². The molecule has 0 N–H and O–H groups in total. The first-order chi connectivity index (χ1) is 5.29. The number of nitriles is 1. The van der Waals surface area contributed by atoms with Crippen molar-refractivity contribution in [2.24, 2.45) is 0 Å². The number of halogens is 1. The van der Waals surface area contributed by atoms with Gasteiger partial charge in [-0.2, -0.15) is 10.4 Å². The van der Waals surface area contributed by atoms with Crippen LogP contribution >= 0.6 is 0 Å². The van der Waals surface area contributed by atoms with Crippen LogP contribution in [0.4, 0.5) is 4.39 Å². The van der Waals surface area contributed by atoms with E-state index in [9.17, 15) is 4.39 Å². The molecule has 0 saturated heterocycles. The zero-order valence-electron chi connectivity index (χ0n) is 6.13. The number of hydrogen-bond acceptors (Lipinski definition) is 2. The van der Waals surface area contributed by atoms with Crippen molar-refractivity contribution in [3.8, 4) is 6.07 Å². The van der Waals surface area contributed by atoms with Crippen LogP contribution in [0.5, 0.6) is 0 Å². The average Bonchev–Trinajstić information content (AvgIpc) is 2.33. The molecule has 0 aliphatic heterocycles. The van der Waals surface area contributed by atoms with Gasteiger partial charge in [-0.1, -0.05) is 6.92 Å². The second-order valence-corrected chi connectivity index (χ2v) is 2.11. The van der Waals surface area contributed by atoms with Crippen molar-refractivity contribution in [1.82, 2.24) is 9.78 Å². The van der Waals surface area contributed by atoms with Gasteiger partial charge in [-0.05, 0) is 6.42 Å². The smallest absolute Gasteiger partial charge is 0.188 e. The van der Waals surface area contributed by atoms with Crippen LogP contribution in [0.2, 0.25) is 0 Å². The minimum atomic E-state index is -0.666. The van der Waals surface area contributed by atoms with Gasteiger partial charge in [-0.3, -0.25) is 4.68 Å². The van der Waals surface area contributed by atoms with Gasteiger partial charge in [0.2, 0.25) is 0 Å². The van der Waals surface area contributed by atoms with Crippen LogP contribution in [0.1, 0.15) is 19.0 Å². The Hall–Kier alpha value is -1.37. The van der Waals surface area contributed by atoms with E-state index in [1.54, 1.807) is 6.07 Å². The van der Waals surface area contributed by atoms with E-state index in [0.717, 1.165) is 6.42 Å². The third-order valence-corrected chi connectivity index (χ3v) is 1.28. The first kappa shape index (κ1) is 7.73. The molecule has 1 rings (SSSR count). The Morgan fingerprint density at radius 2 is 2.55 bits per heavy atom. The van der Waals surface area contributed by atoms with Gasteiger partial charge in [0.1, 0.15) is 6.07 Å². The van der Waals surface area contributed by atoms with Gasteiger partial charge in [0.05, 0.1) is 0 Å². The van der Waals surface area contributed by atoms with Gasteiger partial charge in [0.15, 0.2) is 17.7 Å². The topological polar surface area (TPSA) is 41.6 Å². The molecule has 1 aromatic rings. The summed E-state index contributed by atoms with van der Waals surface area (Å²) in [7, 11) is 0. The molecule has 4 heteroatoms. The Kier molecular flexibility index (Phi) is 2.21. The summed E-state index contributed by atoms with van der Waals surface area (Å²) in [6.07, 6.45) is 2.92. The van der Waals surface area contributed by atoms with Crippen LogP contribution < -0.4 is 0 Å². The van der Waals surface area contributed by atoms with E-state index >= 15 is 0 Å². The summed E-state index contributed by atoms with van der Waals surface area (Å²) in [5.74, 6) is -0.666. The Bertz CT molecular complexity index is 284. The van der Waals surface area contributed by atoms with Crippen molar-refractivity contribution in [3.63, 3.8) is 0 Å². The first-order valence-electron chi connectivity index (χ1n) is 3.33. The van der Waals surface area contributed by atoms with Gasteiger partial charge < -0.3 is 0 Å². The van der Waals surface area contributed by atoms with Gasteiger partial charge in [0.25, 0.3) is 0 Å². The lowest BCUT2D eigenvalue weighted by Gasteiger charge is -1.96. The predicted octanol–water partition coefficient (Wildman–Crippen LogP) is 1.10.